The molecule has 4 heteroatoms. The summed E-state index contributed by atoms with van der Waals surface area (Å²) in [6, 6.07) is 6.14. The van der Waals surface area contributed by atoms with E-state index in [4.69, 9.17) is 4.42 Å². The molecule has 0 saturated heterocycles. The minimum absolute atomic E-state index is 0.558. The molecule has 0 spiro atoms. The van der Waals surface area contributed by atoms with Crippen molar-refractivity contribution in [2.75, 3.05) is 0 Å². The average Bonchev–Trinajstić information content (AvgIpc) is 2.82. The fraction of sp³-hybridized carbons (Fsp3) is 0.333. The van der Waals surface area contributed by atoms with Crippen molar-refractivity contribution in [3.8, 4) is 6.07 Å². The minimum atomic E-state index is 0.558. The first-order chi connectivity index (χ1) is 9.17. The highest BCUT2D eigenvalue weighted by Gasteiger charge is 2.36. The number of thiazole rings is 1. The maximum atomic E-state index is 9.23. The molecule has 2 unspecified atom stereocenters. The molecule has 2 heterocycles. The number of allylic oxidation sites excluding steroid dienone is 1. The predicted molar refractivity (Wildman–Crippen MR) is 75.6 cm³/mol. The van der Waals surface area contributed by atoms with E-state index in [2.05, 4.69) is 18.0 Å². The lowest BCUT2D eigenvalue weighted by atomic mass is 10.2. The fourth-order valence-electron chi connectivity index (χ4n) is 2.13. The van der Waals surface area contributed by atoms with Crippen LogP contribution in [0.1, 0.15) is 41.5 Å². The van der Waals surface area contributed by atoms with Crippen LogP contribution in [0.4, 0.5) is 0 Å². The van der Waals surface area contributed by atoms with E-state index in [0.29, 0.717) is 11.5 Å². The number of aryl methyl sites for hydroxylation is 1. The lowest BCUT2D eigenvalue weighted by molar-refractivity contribution is 0.498. The molecule has 0 bridgehead atoms. The van der Waals surface area contributed by atoms with Gasteiger partial charge in [0.2, 0.25) is 0 Å². The Morgan fingerprint density at radius 3 is 2.95 bits per heavy atom. The highest BCUT2D eigenvalue weighted by atomic mass is 32.1. The van der Waals surface area contributed by atoms with Crippen molar-refractivity contribution in [2.24, 2.45) is 5.92 Å². The Morgan fingerprint density at radius 2 is 2.37 bits per heavy atom. The third-order valence-electron chi connectivity index (χ3n) is 3.38. The van der Waals surface area contributed by atoms with Crippen molar-refractivity contribution in [3.05, 3.63) is 39.7 Å². The van der Waals surface area contributed by atoms with Gasteiger partial charge >= 0.3 is 0 Å². The highest BCUT2D eigenvalue weighted by Crippen LogP contribution is 2.47. The largest absolute Gasteiger partial charge is 0.461 e. The number of hydrogen-bond donors (Lipinski definition) is 0. The number of nitrogens with zero attached hydrogens (tertiary/aromatic N) is 2. The first kappa shape index (κ1) is 12.2. The second-order valence-electron chi connectivity index (χ2n) is 5.02. The Hall–Kier alpha value is -1.86. The van der Waals surface area contributed by atoms with E-state index >= 15 is 0 Å². The van der Waals surface area contributed by atoms with E-state index < -0.39 is 0 Å². The molecule has 0 aliphatic heterocycles. The van der Waals surface area contributed by atoms with Gasteiger partial charge in [0.1, 0.15) is 22.6 Å². The Bertz CT molecular complexity index is 674. The average molecular weight is 270 g/mol. The number of hydrogen-bond acceptors (Lipinski definition) is 4. The number of nitriles is 1. The summed E-state index contributed by atoms with van der Waals surface area (Å²) in [6.45, 7) is 4.15. The van der Waals surface area contributed by atoms with Crippen molar-refractivity contribution in [3.63, 3.8) is 0 Å². The molecule has 3 rings (SSSR count). The van der Waals surface area contributed by atoms with Crippen LogP contribution in [0.25, 0.3) is 11.6 Å². The molecule has 1 aliphatic carbocycles. The van der Waals surface area contributed by atoms with Crippen LogP contribution in [-0.2, 0) is 0 Å². The second kappa shape index (κ2) is 4.67. The SMILES string of the molecule is Cc1csc(/C(C#N)=C\c2ccc(C3CC3C)o2)n1. The maximum Gasteiger partial charge on any atom is 0.134 e. The predicted octanol–water partition coefficient (Wildman–Crippen LogP) is 4.23. The molecule has 2 aromatic rings. The molecule has 0 radical (unpaired) electrons. The number of aromatic nitrogens is 1. The number of furan rings is 1. The summed E-state index contributed by atoms with van der Waals surface area (Å²) in [4.78, 5) is 4.33. The smallest absolute Gasteiger partial charge is 0.134 e. The third kappa shape index (κ3) is 2.47. The summed E-state index contributed by atoms with van der Waals surface area (Å²) in [5.41, 5.74) is 1.50. The van der Waals surface area contributed by atoms with E-state index in [9.17, 15) is 5.26 Å². The Balaban J connectivity index is 1.87. The van der Waals surface area contributed by atoms with Crippen LogP contribution in [-0.4, -0.2) is 4.98 Å². The van der Waals surface area contributed by atoms with Crippen LogP contribution in [0.15, 0.2) is 21.9 Å². The Morgan fingerprint density at radius 1 is 1.58 bits per heavy atom. The summed E-state index contributed by atoms with van der Waals surface area (Å²) in [5, 5.41) is 11.9. The van der Waals surface area contributed by atoms with Crippen LogP contribution in [0.2, 0.25) is 0 Å². The van der Waals surface area contributed by atoms with Crippen molar-refractivity contribution in [1.82, 2.24) is 4.98 Å². The maximum absolute atomic E-state index is 9.23. The Labute approximate surface area is 116 Å². The molecule has 19 heavy (non-hydrogen) atoms. The van der Waals surface area contributed by atoms with Gasteiger partial charge in [-0.05, 0) is 31.4 Å². The summed E-state index contributed by atoms with van der Waals surface area (Å²) < 4.78 is 5.79. The van der Waals surface area contributed by atoms with E-state index in [-0.39, 0.29) is 0 Å². The molecule has 0 N–H and O–H groups in total. The van der Waals surface area contributed by atoms with Crippen LogP contribution < -0.4 is 0 Å². The van der Waals surface area contributed by atoms with Crippen molar-refractivity contribution < 1.29 is 4.42 Å². The molecule has 2 atom stereocenters. The van der Waals surface area contributed by atoms with Crippen LogP contribution in [0.5, 0.6) is 0 Å². The summed E-state index contributed by atoms with van der Waals surface area (Å²) in [7, 11) is 0. The third-order valence-corrected chi connectivity index (χ3v) is 4.37. The monoisotopic (exact) mass is 270 g/mol. The standard InChI is InChI=1S/C15H14N2OS/c1-9-5-13(9)14-4-3-12(18-14)6-11(7-16)15-17-10(2)8-19-15/h3-4,6,8-9,13H,5H2,1-2H3/b11-6-. The molecule has 1 saturated carbocycles. The molecular weight excluding hydrogens is 256 g/mol. The Kier molecular flexibility index (Phi) is 3.00. The van der Waals surface area contributed by atoms with Gasteiger partial charge in [0.15, 0.2) is 0 Å². The molecular formula is C15H14N2OS. The summed E-state index contributed by atoms with van der Waals surface area (Å²) in [6.07, 6.45) is 2.97. The zero-order chi connectivity index (χ0) is 13.4. The molecule has 2 aromatic heterocycles. The first-order valence-electron chi connectivity index (χ1n) is 6.31. The van der Waals surface area contributed by atoms with Crippen LogP contribution in [0, 0.1) is 24.2 Å². The summed E-state index contributed by atoms with van der Waals surface area (Å²) in [5.74, 6) is 3.06. The van der Waals surface area contributed by atoms with Gasteiger partial charge in [-0.2, -0.15) is 5.26 Å². The normalized spacial score (nSPS) is 22.3. The molecule has 0 aromatic carbocycles. The molecule has 1 aliphatic rings. The van der Waals surface area contributed by atoms with Gasteiger partial charge in [0, 0.05) is 23.1 Å². The van der Waals surface area contributed by atoms with Crippen LogP contribution in [0.3, 0.4) is 0 Å². The van der Waals surface area contributed by atoms with Crippen molar-refractivity contribution in [1.29, 1.82) is 5.26 Å². The quantitative estimate of drug-likeness (QED) is 0.784. The van der Waals surface area contributed by atoms with Gasteiger partial charge < -0.3 is 4.42 Å². The van der Waals surface area contributed by atoms with E-state index in [1.165, 1.54) is 17.8 Å². The van der Waals surface area contributed by atoms with E-state index in [0.717, 1.165) is 28.1 Å². The number of rotatable bonds is 3. The van der Waals surface area contributed by atoms with Crippen molar-refractivity contribution in [2.45, 2.75) is 26.2 Å². The van der Waals surface area contributed by atoms with Crippen molar-refractivity contribution >= 4 is 23.0 Å². The van der Waals surface area contributed by atoms with Gasteiger partial charge in [-0.3, -0.25) is 0 Å². The second-order valence-corrected chi connectivity index (χ2v) is 5.88. The van der Waals surface area contributed by atoms with Gasteiger partial charge in [-0.25, -0.2) is 4.98 Å². The van der Waals surface area contributed by atoms with Crippen LogP contribution >= 0.6 is 11.3 Å². The van der Waals surface area contributed by atoms with E-state index in [1.54, 1.807) is 6.08 Å². The molecule has 1 fully saturated rings. The minimum Gasteiger partial charge on any atom is -0.461 e. The summed E-state index contributed by atoms with van der Waals surface area (Å²) >= 11 is 1.48. The molecule has 3 nitrogen and oxygen atoms in total. The zero-order valence-electron chi connectivity index (χ0n) is 10.9. The zero-order valence-corrected chi connectivity index (χ0v) is 11.7. The highest BCUT2D eigenvalue weighted by molar-refractivity contribution is 7.11. The lowest BCUT2D eigenvalue weighted by Crippen LogP contribution is -1.80. The first-order valence-corrected chi connectivity index (χ1v) is 7.19. The fourth-order valence-corrected chi connectivity index (χ4v) is 2.89. The van der Waals surface area contributed by atoms with E-state index in [1.807, 2.05) is 24.4 Å². The van der Waals surface area contributed by atoms with Gasteiger partial charge in [0.25, 0.3) is 0 Å². The molecule has 96 valence electrons. The van der Waals surface area contributed by atoms with Gasteiger partial charge in [-0.15, -0.1) is 11.3 Å². The van der Waals surface area contributed by atoms with Gasteiger partial charge in [0.05, 0.1) is 5.57 Å². The molecule has 0 amide bonds. The lowest BCUT2D eigenvalue weighted by Gasteiger charge is -1.93. The topological polar surface area (TPSA) is 49.8 Å². The van der Waals surface area contributed by atoms with Gasteiger partial charge in [-0.1, -0.05) is 6.92 Å².